The van der Waals surface area contributed by atoms with Crippen LogP contribution in [0, 0.1) is 6.08 Å². The van der Waals surface area contributed by atoms with Crippen molar-refractivity contribution in [2.45, 2.75) is 38.6 Å². The zero-order chi connectivity index (χ0) is 11.6. The molecule has 2 unspecified atom stereocenters. The molecule has 94 valence electrons. The predicted molar refractivity (Wildman–Crippen MR) is 57.0 cm³/mol. The number of ether oxygens (including phenoxy) is 2. The molecule has 6 heteroatoms. The summed E-state index contributed by atoms with van der Waals surface area (Å²) in [6.07, 6.45) is 1.01. The molecule has 0 aromatic rings. The normalized spacial score (nSPS) is 20.8. The first-order valence-electron chi connectivity index (χ1n) is 4.80. The molecule has 0 aromatic carbocycles. The minimum atomic E-state index is -0.856. The van der Waals surface area contributed by atoms with Crippen LogP contribution in [0.15, 0.2) is 18.1 Å². The van der Waals surface area contributed by atoms with E-state index in [0.717, 1.165) is 0 Å². The summed E-state index contributed by atoms with van der Waals surface area (Å²) in [5.74, 6) is -0.00961. The first kappa shape index (κ1) is 19.3. The second kappa shape index (κ2) is 7.41. The van der Waals surface area contributed by atoms with Gasteiger partial charge in [-0.05, 0) is 32.3 Å². The minimum absolute atomic E-state index is 0. The molecule has 5 nitrogen and oxygen atoms in total. The van der Waals surface area contributed by atoms with Gasteiger partial charge in [0.25, 0.3) is 0 Å². The number of aliphatic hydroxyl groups is 2. The number of hydrogen-bond donors (Lipinski definition) is 2. The maximum Gasteiger partial charge on any atom is 1.00 e. The van der Waals surface area contributed by atoms with E-state index in [9.17, 15) is 10.2 Å². The molecule has 1 rings (SSSR count). The van der Waals surface area contributed by atoms with Crippen LogP contribution >= 0.6 is 0 Å². The third-order valence-electron chi connectivity index (χ3n) is 1.85. The summed E-state index contributed by atoms with van der Waals surface area (Å²) >= 11 is 0. The largest absolute Gasteiger partial charge is 1.00 e. The Balaban J connectivity index is 0. The number of hydrogen-bond acceptors (Lipinski definition) is 5. The molecule has 0 radical (unpaired) electrons. The van der Waals surface area contributed by atoms with Gasteiger partial charge in [-0.15, -0.1) is 6.58 Å². The molecular weight excluding hydrogens is 235 g/mol. The first-order valence-corrected chi connectivity index (χ1v) is 4.80. The zero-order valence-electron chi connectivity index (χ0n) is 10.7. The van der Waals surface area contributed by atoms with Crippen LogP contribution in [0.25, 0.3) is 0 Å². The Kier molecular flexibility index (Phi) is 8.41. The van der Waals surface area contributed by atoms with Crippen molar-refractivity contribution in [2.75, 3.05) is 6.61 Å². The zero-order valence-corrected chi connectivity index (χ0v) is 12.7. The fraction of sp³-hybridized carbons (Fsp3) is 0.636. The fourth-order valence-electron chi connectivity index (χ4n) is 1.05. The van der Waals surface area contributed by atoms with Crippen LogP contribution in [-0.4, -0.2) is 40.1 Å². The van der Waals surface area contributed by atoms with Crippen LogP contribution < -0.4 is 29.6 Å². The molecule has 0 bridgehead atoms. The summed E-state index contributed by atoms with van der Waals surface area (Å²) in [7, 11) is 0. The first-order chi connectivity index (χ1) is 6.79. The monoisotopic (exact) mass is 253 g/mol. The van der Waals surface area contributed by atoms with E-state index in [1.165, 1.54) is 0 Å². The van der Waals surface area contributed by atoms with E-state index < -0.39 is 12.2 Å². The maximum atomic E-state index is 9.67. The third-order valence-corrected chi connectivity index (χ3v) is 1.85. The van der Waals surface area contributed by atoms with Gasteiger partial charge >= 0.3 is 29.6 Å². The van der Waals surface area contributed by atoms with Crippen molar-refractivity contribution >= 4 is 0 Å². The maximum absolute atomic E-state index is 9.67. The predicted octanol–water partition coefficient (Wildman–Crippen LogP) is -1.85. The van der Waals surface area contributed by atoms with Crippen molar-refractivity contribution in [1.82, 2.24) is 0 Å². The van der Waals surface area contributed by atoms with Crippen molar-refractivity contribution < 1.29 is 54.7 Å². The van der Waals surface area contributed by atoms with Crippen molar-refractivity contribution in [3.8, 4) is 0 Å². The molecule has 1 heterocycles. The van der Waals surface area contributed by atoms with Crippen molar-refractivity contribution in [3.63, 3.8) is 0 Å². The van der Waals surface area contributed by atoms with Crippen LogP contribution in [0.1, 0.15) is 20.8 Å². The second-order valence-corrected chi connectivity index (χ2v) is 4.45. The van der Waals surface area contributed by atoms with Gasteiger partial charge < -0.3 is 25.2 Å². The van der Waals surface area contributed by atoms with E-state index in [1.807, 2.05) is 20.8 Å². The summed E-state index contributed by atoms with van der Waals surface area (Å²) in [4.78, 5) is 0. The molecule has 0 amide bonds. The van der Waals surface area contributed by atoms with Gasteiger partial charge in [0.2, 0.25) is 0 Å². The Hall–Kier alpha value is -0.0400. The van der Waals surface area contributed by atoms with Crippen molar-refractivity contribution in [1.29, 1.82) is 0 Å². The molecule has 0 spiro atoms. The molecule has 0 aromatic heterocycles. The van der Waals surface area contributed by atoms with E-state index >= 15 is 0 Å². The Morgan fingerprint density at radius 3 is 2.41 bits per heavy atom. The Labute approximate surface area is 124 Å². The molecule has 0 saturated carbocycles. The SMILES string of the molecule is C=C1OC(C(O)COC(C)(C)C)[C-]=C1O.[Na+].[OH-]. The van der Waals surface area contributed by atoms with Gasteiger partial charge in [-0.1, -0.05) is 0 Å². The quantitative estimate of drug-likeness (QED) is 0.455. The van der Waals surface area contributed by atoms with Crippen molar-refractivity contribution in [2.24, 2.45) is 0 Å². The van der Waals surface area contributed by atoms with Crippen molar-refractivity contribution in [3.05, 3.63) is 24.2 Å². The van der Waals surface area contributed by atoms with Gasteiger partial charge in [0.05, 0.1) is 24.4 Å². The molecule has 1 aliphatic rings. The summed E-state index contributed by atoms with van der Waals surface area (Å²) in [5.41, 5.74) is -0.317. The van der Waals surface area contributed by atoms with Crippen LogP contribution in [-0.2, 0) is 9.47 Å². The molecule has 2 atom stereocenters. The van der Waals surface area contributed by atoms with Gasteiger partial charge in [0.15, 0.2) is 0 Å². The Morgan fingerprint density at radius 2 is 2.06 bits per heavy atom. The van der Waals surface area contributed by atoms with Crippen LogP contribution in [0.4, 0.5) is 0 Å². The third kappa shape index (κ3) is 6.45. The van der Waals surface area contributed by atoms with Crippen LogP contribution in [0.2, 0.25) is 0 Å². The summed E-state index contributed by atoms with van der Waals surface area (Å²) in [5, 5.41) is 18.8. The Morgan fingerprint density at radius 1 is 1.53 bits per heavy atom. The topological polar surface area (TPSA) is 88.9 Å². The standard InChI is InChI=1S/C11H17O4.Na.H2O/c1-7-8(12)5-10(15-7)9(13)6-14-11(2,3)4;;/h9-10,12-13H,1,6H2,2-4H3;;1H2/q-1;+1;/p-1. The fourth-order valence-corrected chi connectivity index (χ4v) is 1.05. The molecule has 3 N–H and O–H groups in total. The molecule has 1 aliphatic heterocycles. The van der Waals surface area contributed by atoms with Crippen LogP contribution in [0.5, 0.6) is 0 Å². The smallest absolute Gasteiger partial charge is 0.870 e. The van der Waals surface area contributed by atoms with E-state index in [2.05, 4.69) is 12.7 Å². The van der Waals surface area contributed by atoms with Gasteiger partial charge in [0.1, 0.15) is 0 Å². The molecule has 0 fully saturated rings. The van der Waals surface area contributed by atoms with E-state index in [4.69, 9.17) is 9.47 Å². The molecule has 0 saturated heterocycles. The van der Waals surface area contributed by atoms with Gasteiger partial charge in [-0.2, -0.15) is 6.08 Å². The molecule has 17 heavy (non-hydrogen) atoms. The molecular formula is C11H18NaO5-. The average molecular weight is 253 g/mol. The van der Waals surface area contributed by atoms with E-state index in [0.29, 0.717) is 0 Å². The Bertz CT molecular complexity index is 282. The molecule has 0 aliphatic carbocycles. The second-order valence-electron chi connectivity index (χ2n) is 4.45. The average Bonchev–Trinajstić information content (AvgIpc) is 2.42. The van der Waals surface area contributed by atoms with E-state index in [1.54, 1.807) is 0 Å². The van der Waals surface area contributed by atoms with Gasteiger partial charge in [-0.25, -0.2) is 0 Å². The van der Waals surface area contributed by atoms with Crippen LogP contribution in [0.3, 0.4) is 0 Å². The van der Waals surface area contributed by atoms with E-state index in [-0.39, 0.29) is 58.8 Å². The number of aliphatic hydroxyl groups excluding tert-OH is 2. The minimum Gasteiger partial charge on any atom is -0.870 e. The summed E-state index contributed by atoms with van der Waals surface area (Å²) < 4.78 is 10.5. The van der Waals surface area contributed by atoms with Gasteiger partial charge in [0, 0.05) is 0 Å². The summed E-state index contributed by atoms with van der Waals surface area (Å²) in [6.45, 7) is 9.26. The number of rotatable bonds is 3. The van der Waals surface area contributed by atoms with Gasteiger partial charge in [-0.3, -0.25) is 0 Å². The summed E-state index contributed by atoms with van der Waals surface area (Å²) in [6, 6.07) is 0.